The molecule has 0 saturated heterocycles. The van der Waals surface area contributed by atoms with Crippen LogP contribution in [0.2, 0.25) is 0 Å². The standard InChI is InChI=1S/C2H2F6N2/c3-1(4,5)9-10-2(6,7)8/h9-10H. The van der Waals surface area contributed by atoms with Gasteiger partial charge < -0.3 is 0 Å². The number of halogens is 6. The molecule has 0 fully saturated rings. The number of alkyl halides is 6. The third-order valence-corrected chi connectivity index (χ3v) is 0.346. The fourth-order valence-electron chi connectivity index (χ4n) is 0.142. The quantitative estimate of drug-likeness (QED) is 0.348. The van der Waals surface area contributed by atoms with E-state index < -0.39 is 12.6 Å². The zero-order valence-corrected chi connectivity index (χ0v) is 4.27. The first-order chi connectivity index (χ1) is 4.21. The average molecular weight is 168 g/mol. The number of hydrogen-bond donors (Lipinski definition) is 2. The van der Waals surface area contributed by atoms with Gasteiger partial charge in [-0.2, -0.15) is 37.2 Å². The van der Waals surface area contributed by atoms with Gasteiger partial charge in [0.15, 0.2) is 0 Å². The first-order valence-electron chi connectivity index (χ1n) is 1.88. The Morgan fingerprint density at radius 3 is 0.900 bits per heavy atom. The molecule has 0 saturated carbocycles. The van der Waals surface area contributed by atoms with E-state index in [9.17, 15) is 26.3 Å². The molecule has 0 rings (SSSR count). The fraction of sp³-hybridized carbons (Fsp3) is 1.00. The number of rotatable bonds is 1. The Labute approximate surface area is 51.2 Å². The van der Waals surface area contributed by atoms with Crippen LogP contribution in [0.25, 0.3) is 0 Å². The van der Waals surface area contributed by atoms with Crippen LogP contribution in [-0.2, 0) is 0 Å². The minimum absolute atomic E-state index is 0.0868. The molecule has 0 bridgehead atoms. The molecule has 0 aromatic heterocycles. The van der Waals surface area contributed by atoms with Crippen LogP contribution in [0.3, 0.4) is 0 Å². The molecule has 0 atom stereocenters. The first-order valence-corrected chi connectivity index (χ1v) is 1.88. The van der Waals surface area contributed by atoms with Crippen molar-refractivity contribution in [1.29, 1.82) is 0 Å². The van der Waals surface area contributed by atoms with Crippen LogP contribution in [0.1, 0.15) is 0 Å². The second-order valence-corrected chi connectivity index (χ2v) is 1.25. The molecular weight excluding hydrogens is 166 g/mol. The van der Waals surface area contributed by atoms with E-state index in [0.29, 0.717) is 0 Å². The van der Waals surface area contributed by atoms with Crippen molar-refractivity contribution in [3.8, 4) is 0 Å². The molecule has 10 heavy (non-hydrogen) atoms. The second kappa shape index (κ2) is 2.62. The van der Waals surface area contributed by atoms with Crippen molar-refractivity contribution in [2.45, 2.75) is 12.6 Å². The van der Waals surface area contributed by atoms with Gasteiger partial charge >= 0.3 is 12.6 Å². The predicted octanol–water partition coefficient (Wildman–Crippen LogP) is 1.12. The summed E-state index contributed by atoms with van der Waals surface area (Å²) in [6.45, 7) is 0. The Hall–Kier alpha value is -0.500. The molecule has 2 nitrogen and oxygen atoms in total. The third-order valence-electron chi connectivity index (χ3n) is 0.346. The van der Waals surface area contributed by atoms with Crippen molar-refractivity contribution in [1.82, 2.24) is 10.9 Å². The van der Waals surface area contributed by atoms with Crippen LogP contribution in [0.15, 0.2) is 0 Å². The SMILES string of the molecule is FC(F)(F)NNC(F)(F)F. The lowest BCUT2D eigenvalue weighted by atomic mass is 11.1. The van der Waals surface area contributed by atoms with Crippen molar-refractivity contribution < 1.29 is 26.3 Å². The van der Waals surface area contributed by atoms with E-state index >= 15 is 0 Å². The molecule has 0 amide bonds. The van der Waals surface area contributed by atoms with Crippen molar-refractivity contribution in [3.05, 3.63) is 0 Å². The molecule has 0 unspecified atom stereocenters. The maximum atomic E-state index is 10.9. The molecular formula is C2H2F6N2. The van der Waals surface area contributed by atoms with Crippen LogP contribution >= 0.6 is 0 Å². The molecule has 0 radical (unpaired) electrons. The highest BCUT2D eigenvalue weighted by molar-refractivity contribution is 4.43. The van der Waals surface area contributed by atoms with Crippen LogP contribution in [0.4, 0.5) is 26.3 Å². The zero-order valence-electron chi connectivity index (χ0n) is 4.27. The summed E-state index contributed by atoms with van der Waals surface area (Å²) in [5.41, 5.74) is 0.174. The van der Waals surface area contributed by atoms with Gasteiger partial charge in [-0.15, -0.1) is 0 Å². The number of nitrogens with one attached hydrogen (secondary N) is 2. The van der Waals surface area contributed by atoms with E-state index in [0.717, 1.165) is 0 Å². The molecule has 8 heteroatoms. The van der Waals surface area contributed by atoms with Crippen molar-refractivity contribution >= 4 is 0 Å². The summed E-state index contributed by atoms with van der Waals surface area (Å²) < 4.78 is 65.5. The molecule has 0 heterocycles. The molecule has 62 valence electrons. The predicted molar refractivity (Wildman–Crippen MR) is 18.4 cm³/mol. The Morgan fingerprint density at radius 1 is 0.600 bits per heavy atom. The first kappa shape index (κ1) is 9.50. The molecule has 0 aliphatic heterocycles. The van der Waals surface area contributed by atoms with Gasteiger partial charge in [0, 0.05) is 0 Å². The molecule has 0 aromatic carbocycles. The van der Waals surface area contributed by atoms with E-state index in [1.807, 2.05) is 0 Å². The van der Waals surface area contributed by atoms with E-state index in [1.165, 1.54) is 0 Å². The summed E-state index contributed by atoms with van der Waals surface area (Å²) in [7, 11) is 0. The fourth-order valence-corrected chi connectivity index (χ4v) is 0.142. The van der Waals surface area contributed by atoms with Crippen LogP contribution in [0.5, 0.6) is 0 Å². The minimum atomic E-state index is -5.07. The smallest absolute Gasteiger partial charge is 0.158 e. The van der Waals surface area contributed by atoms with Crippen molar-refractivity contribution in [3.63, 3.8) is 0 Å². The lowest BCUT2D eigenvalue weighted by Crippen LogP contribution is -2.50. The van der Waals surface area contributed by atoms with E-state index in [-0.39, 0.29) is 10.9 Å². The highest BCUT2D eigenvalue weighted by Crippen LogP contribution is 2.12. The van der Waals surface area contributed by atoms with Crippen molar-refractivity contribution in [2.24, 2.45) is 0 Å². The van der Waals surface area contributed by atoms with Gasteiger partial charge in [-0.05, 0) is 0 Å². The summed E-state index contributed by atoms with van der Waals surface area (Å²) in [6.07, 6.45) is -10.1. The van der Waals surface area contributed by atoms with Gasteiger partial charge in [0.25, 0.3) is 0 Å². The number of hydrazine groups is 1. The van der Waals surface area contributed by atoms with Crippen LogP contribution in [0, 0.1) is 0 Å². The zero-order chi connectivity index (χ0) is 8.41. The van der Waals surface area contributed by atoms with Crippen LogP contribution in [-0.4, -0.2) is 12.6 Å². The average Bonchev–Trinajstić information content (AvgIpc) is 1.57. The Kier molecular flexibility index (Phi) is 2.49. The van der Waals surface area contributed by atoms with Crippen LogP contribution < -0.4 is 10.9 Å². The topological polar surface area (TPSA) is 24.1 Å². The highest BCUT2D eigenvalue weighted by Gasteiger charge is 2.35. The lowest BCUT2D eigenvalue weighted by molar-refractivity contribution is -0.227. The molecule has 0 aromatic rings. The summed E-state index contributed by atoms with van der Waals surface area (Å²) in [5, 5.41) is 0. The largest absolute Gasteiger partial charge is 0.470 e. The molecule has 0 aliphatic rings. The highest BCUT2D eigenvalue weighted by atomic mass is 19.4. The van der Waals surface area contributed by atoms with E-state index in [4.69, 9.17) is 0 Å². The minimum Gasteiger partial charge on any atom is -0.158 e. The van der Waals surface area contributed by atoms with E-state index in [1.54, 1.807) is 0 Å². The van der Waals surface area contributed by atoms with E-state index in [2.05, 4.69) is 0 Å². The summed E-state index contributed by atoms with van der Waals surface area (Å²) in [5.74, 6) is 0. The molecule has 2 N–H and O–H groups in total. The lowest BCUT2D eigenvalue weighted by Gasteiger charge is -2.11. The summed E-state index contributed by atoms with van der Waals surface area (Å²) in [4.78, 5) is 0. The van der Waals surface area contributed by atoms with Gasteiger partial charge in [0.2, 0.25) is 0 Å². The number of hydrogen-bond acceptors (Lipinski definition) is 2. The van der Waals surface area contributed by atoms with Gasteiger partial charge in [-0.25, -0.2) is 0 Å². The monoisotopic (exact) mass is 168 g/mol. The Morgan fingerprint density at radius 2 is 0.800 bits per heavy atom. The maximum Gasteiger partial charge on any atom is 0.470 e. The Bertz CT molecular complexity index is 87.3. The van der Waals surface area contributed by atoms with Gasteiger partial charge in [0.1, 0.15) is 0 Å². The second-order valence-electron chi connectivity index (χ2n) is 1.25. The third kappa shape index (κ3) is 7.50. The molecule has 0 spiro atoms. The van der Waals surface area contributed by atoms with Gasteiger partial charge in [0.05, 0.1) is 0 Å². The summed E-state index contributed by atoms with van der Waals surface area (Å²) >= 11 is 0. The van der Waals surface area contributed by atoms with Gasteiger partial charge in [-0.1, -0.05) is 0 Å². The van der Waals surface area contributed by atoms with Crippen molar-refractivity contribution in [2.75, 3.05) is 0 Å². The van der Waals surface area contributed by atoms with Gasteiger partial charge in [-0.3, -0.25) is 0 Å². The normalized spacial score (nSPS) is 13.8. The maximum absolute atomic E-state index is 10.9. The molecule has 0 aliphatic carbocycles. The Balaban J connectivity index is 3.56. The summed E-state index contributed by atoms with van der Waals surface area (Å²) in [6, 6.07) is 0.